The van der Waals surface area contributed by atoms with Gasteiger partial charge in [0.05, 0.1) is 5.69 Å². The molecule has 5 nitrogen and oxygen atoms in total. The van der Waals surface area contributed by atoms with Gasteiger partial charge in [0.25, 0.3) is 0 Å². The predicted molar refractivity (Wildman–Crippen MR) is 67.2 cm³/mol. The Morgan fingerprint density at radius 1 is 1.59 bits per heavy atom. The van der Waals surface area contributed by atoms with Gasteiger partial charge in [-0.05, 0) is 12.8 Å². The lowest BCUT2D eigenvalue weighted by Crippen LogP contribution is -2.34. The van der Waals surface area contributed by atoms with Gasteiger partial charge in [-0.1, -0.05) is 13.8 Å². The Bertz CT molecular complexity index is 384. The van der Waals surface area contributed by atoms with Gasteiger partial charge in [-0.15, -0.1) is 0 Å². The molecule has 0 aromatic carbocycles. The molecule has 96 valence electrons. The lowest BCUT2D eigenvalue weighted by atomic mass is 10.0. The molecule has 1 atom stereocenters. The van der Waals surface area contributed by atoms with Crippen molar-refractivity contribution in [1.82, 2.24) is 15.1 Å². The van der Waals surface area contributed by atoms with Gasteiger partial charge in [0.1, 0.15) is 0 Å². The molecule has 0 bridgehead atoms. The van der Waals surface area contributed by atoms with Crippen LogP contribution in [0.5, 0.6) is 0 Å². The molecule has 0 aliphatic heterocycles. The number of nitrogens with two attached hydrogens (primary N) is 1. The van der Waals surface area contributed by atoms with Crippen molar-refractivity contribution in [2.24, 2.45) is 18.7 Å². The van der Waals surface area contributed by atoms with Crippen molar-refractivity contribution in [2.75, 3.05) is 0 Å². The van der Waals surface area contributed by atoms with E-state index in [1.165, 1.54) is 0 Å². The van der Waals surface area contributed by atoms with Crippen LogP contribution in [0.1, 0.15) is 31.5 Å². The SMILES string of the molecule is Cc1nn(C)cc1CNC(=O)CC(N)C(C)C. The van der Waals surface area contributed by atoms with Gasteiger partial charge in [-0.2, -0.15) is 5.10 Å². The minimum Gasteiger partial charge on any atom is -0.352 e. The van der Waals surface area contributed by atoms with E-state index in [1.807, 2.05) is 34.0 Å². The quantitative estimate of drug-likeness (QED) is 0.794. The van der Waals surface area contributed by atoms with Crippen LogP contribution in [0.4, 0.5) is 0 Å². The first kappa shape index (κ1) is 13.7. The Balaban J connectivity index is 2.41. The molecule has 1 heterocycles. The molecule has 3 N–H and O–H groups in total. The average molecular weight is 238 g/mol. The molecule has 1 aromatic rings. The lowest BCUT2D eigenvalue weighted by molar-refractivity contribution is -0.121. The number of nitrogens with one attached hydrogen (secondary N) is 1. The zero-order chi connectivity index (χ0) is 13.0. The smallest absolute Gasteiger partial charge is 0.221 e. The summed E-state index contributed by atoms with van der Waals surface area (Å²) >= 11 is 0. The molecule has 1 unspecified atom stereocenters. The van der Waals surface area contributed by atoms with Crippen LogP contribution in [0.2, 0.25) is 0 Å². The third-order valence-electron chi connectivity index (χ3n) is 2.87. The normalized spacial score (nSPS) is 12.8. The van der Waals surface area contributed by atoms with Gasteiger partial charge in [0.2, 0.25) is 5.91 Å². The van der Waals surface area contributed by atoms with Gasteiger partial charge in [0.15, 0.2) is 0 Å². The number of rotatable bonds is 5. The fraction of sp³-hybridized carbons (Fsp3) is 0.667. The summed E-state index contributed by atoms with van der Waals surface area (Å²) in [5.74, 6) is 0.315. The van der Waals surface area contributed by atoms with Crippen LogP contribution in [-0.4, -0.2) is 21.7 Å². The second-order valence-electron chi connectivity index (χ2n) is 4.80. The number of amides is 1. The fourth-order valence-corrected chi connectivity index (χ4v) is 1.54. The molecule has 1 aromatic heterocycles. The summed E-state index contributed by atoms with van der Waals surface area (Å²) in [6.45, 7) is 6.48. The summed E-state index contributed by atoms with van der Waals surface area (Å²) in [7, 11) is 1.87. The molecule has 5 heteroatoms. The van der Waals surface area contributed by atoms with Crippen molar-refractivity contribution in [3.63, 3.8) is 0 Å². The first-order valence-corrected chi connectivity index (χ1v) is 5.91. The van der Waals surface area contributed by atoms with E-state index < -0.39 is 0 Å². The van der Waals surface area contributed by atoms with Crippen molar-refractivity contribution in [3.8, 4) is 0 Å². The van der Waals surface area contributed by atoms with E-state index >= 15 is 0 Å². The maximum absolute atomic E-state index is 11.6. The highest BCUT2D eigenvalue weighted by molar-refractivity contribution is 5.76. The molecular weight excluding hydrogens is 216 g/mol. The van der Waals surface area contributed by atoms with Gasteiger partial charge >= 0.3 is 0 Å². The summed E-state index contributed by atoms with van der Waals surface area (Å²) in [4.78, 5) is 11.6. The number of aryl methyl sites for hydroxylation is 2. The Labute approximate surface area is 102 Å². The van der Waals surface area contributed by atoms with Crippen molar-refractivity contribution >= 4 is 5.91 Å². The zero-order valence-electron chi connectivity index (χ0n) is 11.0. The van der Waals surface area contributed by atoms with Gasteiger partial charge < -0.3 is 11.1 Å². The first-order valence-electron chi connectivity index (χ1n) is 5.91. The molecule has 0 saturated heterocycles. The zero-order valence-corrected chi connectivity index (χ0v) is 11.0. The number of nitrogens with zero attached hydrogens (tertiary/aromatic N) is 2. The van der Waals surface area contributed by atoms with E-state index in [0.717, 1.165) is 11.3 Å². The van der Waals surface area contributed by atoms with Crippen LogP contribution in [0.15, 0.2) is 6.20 Å². The lowest BCUT2D eigenvalue weighted by Gasteiger charge is -2.14. The summed E-state index contributed by atoms with van der Waals surface area (Å²) in [5.41, 5.74) is 7.83. The van der Waals surface area contributed by atoms with Crippen LogP contribution in [0.25, 0.3) is 0 Å². The monoisotopic (exact) mass is 238 g/mol. The largest absolute Gasteiger partial charge is 0.352 e. The molecule has 0 fully saturated rings. The summed E-state index contributed by atoms with van der Waals surface area (Å²) < 4.78 is 1.75. The highest BCUT2D eigenvalue weighted by Gasteiger charge is 2.13. The molecular formula is C12H22N4O. The van der Waals surface area contributed by atoms with E-state index in [4.69, 9.17) is 5.73 Å². The van der Waals surface area contributed by atoms with Gasteiger partial charge in [0, 0.05) is 37.8 Å². The minimum absolute atomic E-state index is 0.00514. The van der Waals surface area contributed by atoms with Gasteiger partial charge in [-0.3, -0.25) is 9.48 Å². The molecule has 0 spiro atoms. The number of carbonyl (C=O) groups is 1. The third kappa shape index (κ3) is 4.19. The molecule has 0 aliphatic carbocycles. The molecule has 1 amide bonds. The number of carbonyl (C=O) groups excluding carboxylic acids is 1. The second-order valence-corrected chi connectivity index (χ2v) is 4.80. The second kappa shape index (κ2) is 5.82. The predicted octanol–water partition coefficient (Wildman–Crippen LogP) is 0.718. The highest BCUT2D eigenvalue weighted by atomic mass is 16.1. The fourth-order valence-electron chi connectivity index (χ4n) is 1.54. The topological polar surface area (TPSA) is 72.9 Å². The Hall–Kier alpha value is -1.36. The van der Waals surface area contributed by atoms with E-state index in [-0.39, 0.29) is 11.9 Å². The highest BCUT2D eigenvalue weighted by Crippen LogP contribution is 2.05. The Morgan fingerprint density at radius 2 is 2.24 bits per heavy atom. The third-order valence-corrected chi connectivity index (χ3v) is 2.87. The van der Waals surface area contributed by atoms with Crippen molar-refractivity contribution < 1.29 is 4.79 Å². The molecule has 0 aliphatic rings. The standard InChI is InChI=1S/C12H22N4O/c1-8(2)11(13)5-12(17)14-6-10-7-16(4)15-9(10)3/h7-8,11H,5-6,13H2,1-4H3,(H,14,17). The Morgan fingerprint density at radius 3 is 2.71 bits per heavy atom. The average Bonchev–Trinajstić information content (AvgIpc) is 2.54. The van der Waals surface area contributed by atoms with Crippen molar-refractivity contribution in [3.05, 3.63) is 17.5 Å². The molecule has 1 rings (SSSR count). The van der Waals surface area contributed by atoms with Crippen molar-refractivity contribution in [2.45, 2.75) is 39.8 Å². The van der Waals surface area contributed by atoms with Crippen LogP contribution in [0, 0.1) is 12.8 Å². The summed E-state index contributed by atoms with van der Waals surface area (Å²) in [5, 5.41) is 7.09. The maximum atomic E-state index is 11.6. The van der Waals surface area contributed by atoms with Crippen LogP contribution >= 0.6 is 0 Å². The molecule has 17 heavy (non-hydrogen) atoms. The number of hydrogen-bond acceptors (Lipinski definition) is 3. The van der Waals surface area contributed by atoms with E-state index in [9.17, 15) is 4.79 Å². The first-order chi connectivity index (χ1) is 7.90. The molecule has 0 radical (unpaired) electrons. The summed E-state index contributed by atoms with van der Waals surface area (Å²) in [6.07, 6.45) is 2.29. The van der Waals surface area contributed by atoms with Crippen LogP contribution in [0.3, 0.4) is 0 Å². The maximum Gasteiger partial charge on any atom is 0.221 e. The minimum atomic E-state index is -0.0787. The molecule has 0 saturated carbocycles. The summed E-state index contributed by atoms with van der Waals surface area (Å²) in [6, 6.07) is -0.0787. The van der Waals surface area contributed by atoms with Gasteiger partial charge in [-0.25, -0.2) is 0 Å². The van der Waals surface area contributed by atoms with Crippen LogP contribution in [-0.2, 0) is 18.4 Å². The number of aromatic nitrogens is 2. The van der Waals surface area contributed by atoms with E-state index in [1.54, 1.807) is 4.68 Å². The van der Waals surface area contributed by atoms with E-state index in [0.29, 0.717) is 18.9 Å². The van der Waals surface area contributed by atoms with Crippen LogP contribution < -0.4 is 11.1 Å². The Kier molecular flexibility index (Phi) is 4.69. The number of hydrogen-bond donors (Lipinski definition) is 2. The van der Waals surface area contributed by atoms with Crippen molar-refractivity contribution in [1.29, 1.82) is 0 Å². The van der Waals surface area contributed by atoms with E-state index in [2.05, 4.69) is 10.4 Å².